The van der Waals surface area contributed by atoms with Crippen LogP contribution in [0.2, 0.25) is 0 Å². The fraction of sp³-hybridized carbons (Fsp3) is 0.364. The van der Waals surface area contributed by atoms with Crippen LogP contribution in [-0.4, -0.2) is 26.9 Å². The molecule has 1 amide bonds. The minimum absolute atomic E-state index is 0.171. The Labute approximate surface area is 103 Å². The maximum absolute atomic E-state index is 11.8. The van der Waals surface area contributed by atoms with E-state index in [1.165, 1.54) is 7.11 Å². The van der Waals surface area contributed by atoms with Gasteiger partial charge in [-0.3, -0.25) is 4.79 Å². The highest BCUT2D eigenvalue weighted by atomic mass is 79.9. The van der Waals surface area contributed by atoms with Gasteiger partial charge >= 0.3 is 0 Å². The lowest BCUT2D eigenvalue weighted by molar-refractivity contribution is 0.0867. The number of nitrogens with one attached hydrogen (secondary N) is 1. The topological polar surface area (TPSA) is 47.6 Å². The molecule has 1 rings (SSSR count). The molecular formula is C11H14BrNO3. The number of ether oxygens (including phenoxy) is 2. The molecule has 0 bridgehead atoms. The van der Waals surface area contributed by atoms with Crippen LogP contribution in [0.15, 0.2) is 22.7 Å². The SMILES string of the molecule is COCNC(=O)c1cc(Br)ccc1COC. The van der Waals surface area contributed by atoms with E-state index in [1.807, 2.05) is 12.1 Å². The van der Waals surface area contributed by atoms with Gasteiger partial charge in [0.15, 0.2) is 0 Å². The Kier molecular flexibility index (Phi) is 5.45. The maximum Gasteiger partial charge on any atom is 0.253 e. The third kappa shape index (κ3) is 3.59. The molecule has 1 N–H and O–H groups in total. The summed E-state index contributed by atoms with van der Waals surface area (Å²) in [6.07, 6.45) is 0. The smallest absolute Gasteiger partial charge is 0.253 e. The number of halogens is 1. The highest BCUT2D eigenvalue weighted by molar-refractivity contribution is 9.10. The van der Waals surface area contributed by atoms with Gasteiger partial charge in [0.1, 0.15) is 6.73 Å². The van der Waals surface area contributed by atoms with Crippen molar-refractivity contribution in [3.8, 4) is 0 Å². The summed E-state index contributed by atoms with van der Waals surface area (Å²) in [6.45, 7) is 0.598. The first-order valence-corrected chi connectivity index (χ1v) is 5.53. The van der Waals surface area contributed by atoms with Gasteiger partial charge in [0.2, 0.25) is 0 Å². The highest BCUT2D eigenvalue weighted by Crippen LogP contribution is 2.17. The molecule has 0 atom stereocenters. The molecule has 0 aliphatic rings. The molecule has 0 aliphatic carbocycles. The predicted molar refractivity (Wildman–Crippen MR) is 64.2 cm³/mol. The standard InChI is InChI=1S/C11H14BrNO3/c1-15-6-8-3-4-9(12)5-10(8)11(14)13-7-16-2/h3-5H,6-7H2,1-2H3,(H,13,14). The van der Waals surface area contributed by atoms with Crippen molar-refractivity contribution in [2.24, 2.45) is 0 Å². The van der Waals surface area contributed by atoms with Gasteiger partial charge in [0.05, 0.1) is 6.61 Å². The molecule has 0 aliphatic heterocycles. The van der Waals surface area contributed by atoms with Crippen LogP contribution in [0.3, 0.4) is 0 Å². The van der Waals surface area contributed by atoms with E-state index in [1.54, 1.807) is 13.2 Å². The van der Waals surface area contributed by atoms with E-state index in [-0.39, 0.29) is 12.6 Å². The van der Waals surface area contributed by atoms with E-state index in [2.05, 4.69) is 21.2 Å². The van der Waals surface area contributed by atoms with E-state index in [9.17, 15) is 4.79 Å². The van der Waals surface area contributed by atoms with Crippen molar-refractivity contribution in [1.29, 1.82) is 0 Å². The van der Waals surface area contributed by atoms with Crippen LogP contribution in [0.4, 0.5) is 0 Å². The molecule has 0 heterocycles. The molecule has 1 aromatic carbocycles. The van der Waals surface area contributed by atoms with Crippen molar-refractivity contribution in [2.75, 3.05) is 21.0 Å². The van der Waals surface area contributed by atoms with Crippen LogP contribution in [-0.2, 0) is 16.1 Å². The lowest BCUT2D eigenvalue weighted by atomic mass is 10.1. The zero-order chi connectivity index (χ0) is 12.0. The zero-order valence-corrected chi connectivity index (χ0v) is 10.8. The number of benzene rings is 1. The average molecular weight is 288 g/mol. The van der Waals surface area contributed by atoms with Gasteiger partial charge in [-0.05, 0) is 17.7 Å². The second-order valence-electron chi connectivity index (χ2n) is 3.17. The summed E-state index contributed by atoms with van der Waals surface area (Å²) in [5, 5.41) is 2.64. The number of hydrogen-bond donors (Lipinski definition) is 1. The first kappa shape index (κ1) is 13.2. The van der Waals surface area contributed by atoms with Crippen molar-refractivity contribution < 1.29 is 14.3 Å². The second-order valence-corrected chi connectivity index (χ2v) is 4.09. The molecule has 88 valence electrons. The van der Waals surface area contributed by atoms with Crippen LogP contribution in [0.25, 0.3) is 0 Å². The largest absolute Gasteiger partial charge is 0.380 e. The summed E-state index contributed by atoms with van der Waals surface area (Å²) < 4.78 is 10.7. The van der Waals surface area contributed by atoms with Crippen molar-refractivity contribution in [1.82, 2.24) is 5.32 Å². The van der Waals surface area contributed by atoms with E-state index < -0.39 is 0 Å². The fourth-order valence-electron chi connectivity index (χ4n) is 1.27. The van der Waals surface area contributed by atoms with Gasteiger partial charge < -0.3 is 14.8 Å². The number of carbonyl (C=O) groups excluding carboxylic acids is 1. The van der Waals surface area contributed by atoms with E-state index in [0.717, 1.165) is 10.0 Å². The third-order valence-electron chi connectivity index (χ3n) is 1.99. The Balaban J connectivity index is 2.90. The third-order valence-corrected chi connectivity index (χ3v) is 2.49. The number of hydrogen-bond acceptors (Lipinski definition) is 3. The summed E-state index contributed by atoms with van der Waals surface area (Å²) in [5.41, 5.74) is 1.44. The van der Waals surface area contributed by atoms with E-state index >= 15 is 0 Å². The zero-order valence-electron chi connectivity index (χ0n) is 9.25. The normalized spacial score (nSPS) is 10.2. The van der Waals surface area contributed by atoms with Crippen molar-refractivity contribution in [3.63, 3.8) is 0 Å². The maximum atomic E-state index is 11.8. The Hall–Kier alpha value is -0.910. The van der Waals surface area contributed by atoms with Gasteiger partial charge in [-0.2, -0.15) is 0 Å². The van der Waals surface area contributed by atoms with Gasteiger partial charge in [-0.15, -0.1) is 0 Å². The summed E-state index contributed by atoms with van der Waals surface area (Å²) >= 11 is 3.33. The predicted octanol–water partition coefficient (Wildman–Crippen LogP) is 1.93. The van der Waals surface area contributed by atoms with Crippen LogP contribution in [0.5, 0.6) is 0 Å². The Morgan fingerprint density at radius 3 is 2.75 bits per heavy atom. The average Bonchev–Trinajstić information content (AvgIpc) is 2.28. The Morgan fingerprint density at radius 2 is 2.12 bits per heavy atom. The minimum atomic E-state index is -0.171. The van der Waals surface area contributed by atoms with Crippen molar-refractivity contribution in [3.05, 3.63) is 33.8 Å². The van der Waals surface area contributed by atoms with Crippen LogP contribution < -0.4 is 5.32 Å². The van der Waals surface area contributed by atoms with Crippen LogP contribution in [0, 0.1) is 0 Å². The van der Waals surface area contributed by atoms with Crippen molar-refractivity contribution in [2.45, 2.75) is 6.61 Å². The molecule has 0 unspecified atom stereocenters. The number of carbonyl (C=O) groups is 1. The fourth-order valence-corrected chi connectivity index (χ4v) is 1.64. The molecule has 4 nitrogen and oxygen atoms in total. The monoisotopic (exact) mass is 287 g/mol. The van der Waals surface area contributed by atoms with Gasteiger partial charge in [-0.1, -0.05) is 22.0 Å². The molecule has 0 saturated heterocycles. The van der Waals surface area contributed by atoms with Gasteiger partial charge in [0.25, 0.3) is 5.91 Å². The lowest BCUT2D eigenvalue weighted by Gasteiger charge is -2.09. The molecule has 0 radical (unpaired) electrons. The van der Waals surface area contributed by atoms with E-state index in [4.69, 9.17) is 9.47 Å². The minimum Gasteiger partial charge on any atom is -0.380 e. The number of rotatable bonds is 5. The highest BCUT2D eigenvalue weighted by Gasteiger charge is 2.11. The Morgan fingerprint density at radius 1 is 1.38 bits per heavy atom. The van der Waals surface area contributed by atoms with E-state index in [0.29, 0.717) is 12.2 Å². The summed E-state index contributed by atoms with van der Waals surface area (Å²) in [7, 11) is 3.12. The summed E-state index contributed by atoms with van der Waals surface area (Å²) in [4.78, 5) is 11.8. The Bertz CT molecular complexity index is 368. The molecule has 0 aromatic heterocycles. The first-order valence-electron chi connectivity index (χ1n) is 4.73. The molecule has 0 spiro atoms. The molecule has 0 fully saturated rings. The number of amides is 1. The number of methoxy groups -OCH3 is 2. The van der Waals surface area contributed by atoms with Crippen molar-refractivity contribution >= 4 is 21.8 Å². The molecule has 1 aromatic rings. The first-order chi connectivity index (χ1) is 7.69. The molecule has 16 heavy (non-hydrogen) atoms. The lowest BCUT2D eigenvalue weighted by Crippen LogP contribution is -2.26. The van der Waals surface area contributed by atoms with Gasteiger partial charge in [-0.25, -0.2) is 0 Å². The molecule has 5 heteroatoms. The summed E-state index contributed by atoms with van der Waals surface area (Å²) in [6, 6.07) is 5.50. The van der Waals surface area contributed by atoms with Gasteiger partial charge in [0, 0.05) is 24.3 Å². The molecule has 0 saturated carbocycles. The summed E-state index contributed by atoms with van der Waals surface area (Å²) in [5.74, 6) is -0.171. The quantitative estimate of drug-likeness (QED) is 0.842. The molecular weight excluding hydrogens is 274 g/mol. The van der Waals surface area contributed by atoms with Crippen LogP contribution in [0.1, 0.15) is 15.9 Å². The second kappa shape index (κ2) is 6.62. The van der Waals surface area contributed by atoms with Crippen LogP contribution >= 0.6 is 15.9 Å².